The van der Waals surface area contributed by atoms with Crippen LogP contribution in [0.2, 0.25) is 0 Å². The van der Waals surface area contributed by atoms with Crippen LogP contribution in [0, 0.1) is 17.0 Å². The number of imidazole rings is 1. The molecule has 18 heavy (non-hydrogen) atoms. The first-order valence-corrected chi connectivity index (χ1v) is 6.06. The van der Waals surface area contributed by atoms with Gasteiger partial charge in [0.1, 0.15) is 0 Å². The van der Waals surface area contributed by atoms with Gasteiger partial charge in [-0.2, -0.15) is 0 Å². The van der Waals surface area contributed by atoms with Gasteiger partial charge >= 0.3 is 5.82 Å². The third-order valence-corrected chi connectivity index (χ3v) is 2.89. The molecule has 0 unspecified atom stereocenters. The number of rotatable bonds is 7. The van der Waals surface area contributed by atoms with E-state index in [1.165, 1.54) is 0 Å². The lowest BCUT2D eigenvalue weighted by atomic mass is 10.3. The maximum atomic E-state index is 11.0. The van der Waals surface area contributed by atoms with Crippen molar-refractivity contribution >= 4 is 11.6 Å². The standard InChI is InChI=1S/C11H20N4O3/c1-4-5-6-14(7-8-16)11-10(15(17)18)12-9(2)13(11)3/h16H,4-8H2,1-3H3. The van der Waals surface area contributed by atoms with E-state index in [1.54, 1.807) is 18.5 Å². The lowest BCUT2D eigenvalue weighted by Gasteiger charge is -2.22. The molecule has 0 aliphatic heterocycles. The summed E-state index contributed by atoms with van der Waals surface area (Å²) in [6.45, 7) is 4.80. The van der Waals surface area contributed by atoms with Crippen molar-refractivity contribution in [2.24, 2.45) is 7.05 Å². The molecule has 0 amide bonds. The van der Waals surface area contributed by atoms with Crippen LogP contribution in [-0.2, 0) is 7.05 Å². The minimum Gasteiger partial charge on any atom is -0.395 e. The average Bonchev–Trinajstić information content (AvgIpc) is 2.62. The maximum Gasteiger partial charge on any atom is 0.406 e. The summed E-state index contributed by atoms with van der Waals surface area (Å²) in [7, 11) is 1.75. The summed E-state index contributed by atoms with van der Waals surface area (Å²) in [5.41, 5.74) is 0. The van der Waals surface area contributed by atoms with Crippen LogP contribution >= 0.6 is 0 Å². The van der Waals surface area contributed by atoms with E-state index in [-0.39, 0.29) is 12.4 Å². The Hall–Kier alpha value is -1.63. The van der Waals surface area contributed by atoms with Gasteiger partial charge in [0, 0.05) is 27.1 Å². The average molecular weight is 256 g/mol. The fourth-order valence-corrected chi connectivity index (χ4v) is 1.85. The number of aliphatic hydroxyl groups excluding tert-OH is 1. The smallest absolute Gasteiger partial charge is 0.395 e. The van der Waals surface area contributed by atoms with Gasteiger partial charge in [0.25, 0.3) is 0 Å². The molecule has 0 bridgehead atoms. The first-order chi connectivity index (χ1) is 8.52. The van der Waals surface area contributed by atoms with E-state index < -0.39 is 4.92 Å². The van der Waals surface area contributed by atoms with Gasteiger partial charge in [-0.05, 0) is 16.3 Å². The minimum atomic E-state index is -0.474. The summed E-state index contributed by atoms with van der Waals surface area (Å²) >= 11 is 0. The van der Waals surface area contributed by atoms with Crippen LogP contribution in [0.1, 0.15) is 25.6 Å². The van der Waals surface area contributed by atoms with E-state index >= 15 is 0 Å². The zero-order valence-electron chi connectivity index (χ0n) is 11.1. The maximum absolute atomic E-state index is 11.0. The van der Waals surface area contributed by atoms with Crippen LogP contribution in [0.25, 0.3) is 0 Å². The van der Waals surface area contributed by atoms with E-state index in [9.17, 15) is 10.1 Å². The van der Waals surface area contributed by atoms with Crippen LogP contribution < -0.4 is 4.90 Å². The van der Waals surface area contributed by atoms with Gasteiger partial charge in [0.05, 0.1) is 6.61 Å². The second kappa shape index (κ2) is 6.34. The predicted octanol–water partition coefficient (Wildman–Crippen LogP) is 1.24. The third kappa shape index (κ3) is 2.98. The molecular weight excluding hydrogens is 236 g/mol. The highest BCUT2D eigenvalue weighted by molar-refractivity contribution is 5.55. The molecule has 0 saturated heterocycles. The quantitative estimate of drug-likeness (QED) is 0.586. The topological polar surface area (TPSA) is 84.4 Å². The first kappa shape index (κ1) is 14.4. The Balaban J connectivity index is 3.12. The van der Waals surface area contributed by atoms with E-state index in [4.69, 9.17) is 5.11 Å². The van der Waals surface area contributed by atoms with Crippen molar-refractivity contribution in [3.63, 3.8) is 0 Å². The summed E-state index contributed by atoms with van der Waals surface area (Å²) in [6.07, 6.45) is 1.91. The van der Waals surface area contributed by atoms with Crippen molar-refractivity contribution in [3.8, 4) is 0 Å². The number of aryl methyl sites for hydroxylation is 1. The summed E-state index contributed by atoms with van der Waals surface area (Å²) in [5.74, 6) is 0.927. The van der Waals surface area contributed by atoms with Gasteiger partial charge in [0.15, 0.2) is 0 Å². The highest BCUT2D eigenvalue weighted by Crippen LogP contribution is 2.28. The number of unbranched alkanes of at least 4 members (excludes halogenated alkanes) is 1. The molecule has 1 rings (SSSR count). The summed E-state index contributed by atoms with van der Waals surface area (Å²) < 4.78 is 1.70. The number of aromatic nitrogens is 2. The molecule has 0 radical (unpaired) electrons. The lowest BCUT2D eigenvalue weighted by Crippen LogP contribution is -2.30. The van der Waals surface area contributed by atoms with Crippen LogP contribution in [0.3, 0.4) is 0 Å². The molecule has 0 spiro atoms. The molecule has 1 N–H and O–H groups in total. The third-order valence-electron chi connectivity index (χ3n) is 2.89. The largest absolute Gasteiger partial charge is 0.406 e. The number of anilines is 1. The van der Waals surface area contributed by atoms with E-state index in [0.717, 1.165) is 12.8 Å². The van der Waals surface area contributed by atoms with E-state index in [0.29, 0.717) is 24.7 Å². The van der Waals surface area contributed by atoms with Gasteiger partial charge in [-0.3, -0.25) is 4.57 Å². The van der Waals surface area contributed by atoms with Crippen LogP contribution in [-0.4, -0.2) is 39.3 Å². The Kier molecular flexibility index (Phi) is 5.08. The van der Waals surface area contributed by atoms with Gasteiger partial charge in [-0.1, -0.05) is 13.3 Å². The molecule has 0 aromatic carbocycles. The molecule has 0 aliphatic rings. The monoisotopic (exact) mass is 256 g/mol. The Morgan fingerprint density at radius 3 is 2.67 bits per heavy atom. The second-order valence-corrected chi connectivity index (χ2v) is 4.19. The number of hydrogen-bond acceptors (Lipinski definition) is 5. The first-order valence-electron chi connectivity index (χ1n) is 6.06. The summed E-state index contributed by atoms with van der Waals surface area (Å²) in [6, 6.07) is 0. The molecule has 0 atom stereocenters. The number of nitro groups is 1. The van der Waals surface area contributed by atoms with Crippen molar-refractivity contribution in [2.45, 2.75) is 26.7 Å². The number of nitrogens with zero attached hydrogens (tertiary/aromatic N) is 4. The summed E-state index contributed by atoms with van der Waals surface area (Å²) in [5, 5.41) is 20.1. The molecule has 102 valence electrons. The van der Waals surface area contributed by atoms with Gasteiger partial charge < -0.3 is 20.1 Å². The highest BCUT2D eigenvalue weighted by Gasteiger charge is 2.27. The Morgan fingerprint density at radius 2 is 2.17 bits per heavy atom. The van der Waals surface area contributed by atoms with Crippen LogP contribution in [0.15, 0.2) is 0 Å². The number of hydrogen-bond donors (Lipinski definition) is 1. The molecule has 0 fully saturated rings. The van der Waals surface area contributed by atoms with Crippen molar-refractivity contribution < 1.29 is 10.0 Å². The van der Waals surface area contributed by atoms with Gasteiger partial charge in [-0.15, -0.1) is 0 Å². The zero-order chi connectivity index (χ0) is 13.7. The molecule has 0 aliphatic carbocycles. The van der Waals surface area contributed by atoms with Crippen molar-refractivity contribution in [3.05, 3.63) is 15.9 Å². The van der Waals surface area contributed by atoms with Crippen LogP contribution in [0.4, 0.5) is 11.6 Å². The molecule has 1 aromatic heterocycles. The summed E-state index contributed by atoms with van der Waals surface area (Å²) in [4.78, 5) is 16.3. The Morgan fingerprint density at radius 1 is 1.50 bits per heavy atom. The lowest BCUT2D eigenvalue weighted by molar-refractivity contribution is -0.388. The predicted molar refractivity (Wildman–Crippen MR) is 68.8 cm³/mol. The Labute approximate surface area is 106 Å². The fraction of sp³-hybridized carbons (Fsp3) is 0.727. The molecule has 7 heteroatoms. The zero-order valence-corrected chi connectivity index (χ0v) is 11.1. The number of aliphatic hydroxyl groups is 1. The van der Waals surface area contributed by atoms with Crippen molar-refractivity contribution in [2.75, 3.05) is 24.6 Å². The Bertz CT molecular complexity index is 417. The van der Waals surface area contributed by atoms with E-state index in [1.807, 2.05) is 4.90 Å². The normalized spacial score (nSPS) is 10.7. The molecule has 1 aromatic rings. The second-order valence-electron chi connectivity index (χ2n) is 4.19. The molecule has 1 heterocycles. The molecule has 7 nitrogen and oxygen atoms in total. The van der Waals surface area contributed by atoms with Crippen molar-refractivity contribution in [1.29, 1.82) is 0 Å². The highest BCUT2D eigenvalue weighted by atomic mass is 16.6. The fourth-order valence-electron chi connectivity index (χ4n) is 1.85. The molecule has 0 saturated carbocycles. The van der Waals surface area contributed by atoms with Gasteiger partial charge in [0.2, 0.25) is 11.6 Å². The van der Waals surface area contributed by atoms with Crippen LogP contribution in [0.5, 0.6) is 0 Å². The SMILES string of the molecule is CCCCN(CCO)c1c([N+](=O)[O-])nc(C)n1C. The minimum absolute atomic E-state index is 0.0366. The molecular formula is C11H20N4O3. The van der Waals surface area contributed by atoms with Gasteiger partial charge in [-0.25, -0.2) is 0 Å². The van der Waals surface area contributed by atoms with E-state index in [2.05, 4.69) is 11.9 Å². The van der Waals surface area contributed by atoms with Crippen molar-refractivity contribution in [1.82, 2.24) is 9.55 Å².